The molecule has 0 unspecified atom stereocenters. The molecule has 1 aromatic heterocycles. The molecule has 26 heavy (non-hydrogen) atoms. The Labute approximate surface area is 154 Å². The minimum atomic E-state index is -3.70. The molecule has 1 aliphatic rings. The molecule has 2 aromatic rings. The third-order valence-electron chi connectivity index (χ3n) is 4.74. The fraction of sp³-hybridized carbons (Fsp3) is 0.421. The number of benzene rings is 1. The van der Waals surface area contributed by atoms with Crippen molar-refractivity contribution in [3.8, 4) is 5.88 Å². The second-order valence-electron chi connectivity index (χ2n) is 6.94. The van der Waals surface area contributed by atoms with Crippen molar-refractivity contribution in [2.24, 2.45) is 5.92 Å². The third-order valence-corrected chi connectivity index (χ3v) is 6.16. The summed E-state index contributed by atoms with van der Waals surface area (Å²) in [6.45, 7) is 3.75. The molecule has 1 aromatic carbocycles. The van der Waals surface area contributed by atoms with Gasteiger partial charge in [-0.2, -0.15) is 0 Å². The van der Waals surface area contributed by atoms with Gasteiger partial charge in [-0.1, -0.05) is 12.1 Å². The minimum absolute atomic E-state index is 0.0286. The van der Waals surface area contributed by atoms with Crippen molar-refractivity contribution in [1.82, 2.24) is 9.71 Å². The van der Waals surface area contributed by atoms with E-state index in [4.69, 9.17) is 4.74 Å². The van der Waals surface area contributed by atoms with Crippen molar-refractivity contribution < 1.29 is 18.3 Å². The van der Waals surface area contributed by atoms with Crippen LogP contribution in [0.3, 0.4) is 0 Å². The first-order chi connectivity index (χ1) is 12.3. The highest BCUT2D eigenvalue weighted by molar-refractivity contribution is 7.89. The molecule has 3 rings (SSSR count). The molecular formula is C19H24N2O4S. The zero-order valence-corrected chi connectivity index (χ0v) is 16.0. The molecule has 0 bridgehead atoms. The smallest absolute Gasteiger partial charge is 0.241 e. The van der Waals surface area contributed by atoms with E-state index >= 15 is 0 Å². The number of aliphatic hydroxyl groups excluding tert-OH is 1. The van der Waals surface area contributed by atoms with Gasteiger partial charge in [0.15, 0.2) is 0 Å². The number of sulfonamides is 1. The normalized spacial score (nSPS) is 21.1. The van der Waals surface area contributed by atoms with E-state index in [-0.39, 0.29) is 16.9 Å². The van der Waals surface area contributed by atoms with Gasteiger partial charge in [-0.05, 0) is 61.4 Å². The molecule has 1 aliphatic carbocycles. The van der Waals surface area contributed by atoms with Crippen LogP contribution in [0, 0.1) is 19.8 Å². The van der Waals surface area contributed by atoms with Crippen molar-refractivity contribution in [3.05, 3.63) is 53.2 Å². The van der Waals surface area contributed by atoms with Gasteiger partial charge in [0.2, 0.25) is 15.9 Å². The van der Waals surface area contributed by atoms with Gasteiger partial charge in [-0.25, -0.2) is 18.1 Å². The Morgan fingerprint density at radius 2 is 1.85 bits per heavy atom. The molecule has 0 spiro atoms. The Hall–Kier alpha value is -1.96. The Balaban J connectivity index is 1.91. The first-order valence-corrected chi connectivity index (χ1v) is 10.1. The summed E-state index contributed by atoms with van der Waals surface area (Å²) in [6, 6.07) is 8.34. The minimum Gasteiger partial charge on any atom is -0.481 e. The molecule has 0 aliphatic heterocycles. The maximum Gasteiger partial charge on any atom is 0.241 e. The number of aliphatic hydroxyl groups is 1. The van der Waals surface area contributed by atoms with Crippen LogP contribution in [-0.4, -0.2) is 31.7 Å². The molecule has 0 amide bonds. The number of pyridine rings is 1. The van der Waals surface area contributed by atoms with Crippen LogP contribution in [0.2, 0.25) is 0 Å². The number of nitrogens with zero attached hydrogens (tertiary/aromatic N) is 1. The summed E-state index contributed by atoms with van der Waals surface area (Å²) in [7, 11) is -2.17. The summed E-state index contributed by atoms with van der Waals surface area (Å²) in [4.78, 5) is 4.44. The van der Waals surface area contributed by atoms with Crippen LogP contribution in [0.5, 0.6) is 5.88 Å². The second-order valence-corrected chi connectivity index (χ2v) is 8.66. The zero-order valence-electron chi connectivity index (χ0n) is 15.1. The van der Waals surface area contributed by atoms with E-state index in [1.165, 1.54) is 7.11 Å². The van der Waals surface area contributed by atoms with Gasteiger partial charge in [-0.3, -0.25) is 0 Å². The van der Waals surface area contributed by atoms with Crippen LogP contribution < -0.4 is 9.46 Å². The van der Waals surface area contributed by atoms with E-state index in [1.54, 1.807) is 24.4 Å². The van der Waals surface area contributed by atoms with Crippen molar-refractivity contribution >= 4 is 10.0 Å². The highest BCUT2D eigenvalue weighted by Crippen LogP contribution is 2.39. The molecule has 7 heteroatoms. The van der Waals surface area contributed by atoms with Gasteiger partial charge in [-0.15, -0.1) is 0 Å². The van der Waals surface area contributed by atoms with Gasteiger partial charge in [0, 0.05) is 12.3 Å². The average molecular weight is 376 g/mol. The van der Waals surface area contributed by atoms with Crippen LogP contribution in [0.15, 0.2) is 41.4 Å². The molecule has 1 saturated carbocycles. The van der Waals surface area contributed by atoms with E-state index < -0.39 is 16.1 Å². The maximum atomic E-state index is 13.0. The zero-order chi connectivity index (χ0) is 18.9. The quantitative estimate of drug-likeness (QED) is 0.809. The van der Waals surface area contributed by atoms with Gasteiger partial charge >= 0.3 is 0 Å². The number of aryl methyl sites for hydroxylation is 2. The highest BCUT2D eigenvalue weighted by Gasteiger charge is 2.37. The average Bonchev–Trinajstić information content (AvgIpc) is 2.56. The predicted octanol–water partition coefficient (Wildman–Crippen LogP) is 2.50. The molecule has 6 nitrogen and oxygen atoms in total. The van der Waals surface area contributed by atoms with E-state index in [0.29, 0.717) is 18.7 Å². The molecule has 140 valence electrons. The number of ether oxygens (including phenoxy) is 1. The standard InChI is InChI=1S/C19H24N2O4S/c1-12-6-13(2)8-17(7-12)26(23,24)21-19(15-9-16(22)10-15)14-4-5-18(25-3)20-11-14/h4-8,11,15-16,19,21-22H,9-10H2,1-3H3/t15?,16?,19-/m1/s1. The summed E-state index contributed by atoms with van der Waals surface area (Å²) in [5, 5.41) is 9.67. The number of hydrogen-bond acceptors (Lipinski definition) is 5. The Bertz CT molecular complexity index is 855. The van der Waals surface area contributed by atoms with Gasteiger partial charge in [0.05, 0.1) is 24.2 Å². The van der Waals surface area contributed by atoms with Gasteiger partial charge in [0.25, 0.3) is 0 Å². The summed E-state index contributed by atoms with van der Waals surface area (Å²) in [5.41, 5.74) is 2.55. The van der Waals surface area contributed by atoms with Crippen molar-refractivity contribution in [1.29, 1.82) is 0 Å². The second kappa shape index (κ2) is 7.34. The SMILES string of the molecule is COc1ccc([C@@H](NS(=O)(=O)c2cc(C)cc(C)c2)C2CC(O)C2)cn1. The molecule has 0 saturated heterocycles. The largest absolute Gasteiger partial charge is 0.481 e. The summed E-state index contributed by atoms with van der Waals surface area (Å²) < 4.78 is 33.8. The number of hydrogen-bond donors (Lipinski definition) is 2. The predicted molar refractivity (Wildman–Crippen MR) is 98.5 cm³/mol. The van der Waals surface area contributed by atoms with Crippen LogP contribution in [-0.2, 0) is 10.0 Å². The van der Waals surface area contributed by atoms with Crippen molar-refractivity contribution in [2.45, 2.75) is 43.7 Å². The van der Waals surface area contributed by atoms with E-state index in [0.717, 1.165) is 16.7 Å². The lowest BCUT2D eigenvalue weighted by atomic mass is 9.76. The third kappa shape index (κ3) is 4.06. The molecule has 2 N–H and O–H groups in total. The lowest BCUT2D eigenvalue weighted by molar-refractivity contribution is 0.0279. The van der Waals surface area contributed by atoms with Crippen LogP contribution >= 0.6 is 0 Å². The lowest BCUT2D eigenvalue weighted by Gasteiger charge is -2.38. The fourth-order valence-electron chi connectivity index (χ4n) is 3.36. The monoisotopic (exact) mass is 376 g/mol. The van der Waals surface area contributed by atoms with E-state index in [9.17, 15) is 13.5 Å². The summed E-state index contributed by atoms with van der Waals surface area (Å²) in [6.07, 6.45) is 2.37. The van der Waals surface area contributed by atoms with Crippen LogP contribution in [0.1, 0.15) is 35.6 Å². The fourth-order valence-corrected chi connectivity index (χ4v) is 4.84. The molecule has 1 atom stereocenters. The van der Waals surface area contributed by atoms with E-state index in [1.807, 2.05) is 26.0 Å². The molecular weight excluding hydrogens is 352 g/mol. The Kier molecular flexibility index (Phi) is 5.32. The summed E-state index contributed by atoms with van der Waals surface area (Å²) >= 11 is 0. The maximum absolute atomic E-state index is 13.0. The van der Waals surface area contributed by atoms with Crippen LogP contribution in [0.25, 0.3) is 0 Å². The molecule has 1 fully saturated rings. The number of rotatable bonds is 6. The van der Waals surface area contributed by atoms with E-state index in [2.05, 4.69) is 9.71 Å². The van der Waals surface area contributed by atoms with Crippen LogP contribution in [0.4, 0.5) is 0 Å². The first-order valence-electron chi connectivity index (χ1n) is 8.57. The lowest BCUT2D eigenvalue weighted by Crippen LogP contribution is -2.41. The topological polar surface area (TPSA) is 88.5 Å². The van der Waals surface area contributed by atoms with Gasteiger partial charge < -0.3 is 9.84 Å². The van der Waals surface area contributed by atoms with Crippen molar-refractivity contribution in [2.75, 3.05) is 7.11 Å². The first kappa shape index (κ1) is 18.8. The van der Waals surface area contributed by atoms with Crippen molar-refractivity contribution in [3.63, 3.8) is 0 Å². The summed E-state index contributed by atoms with van der Waals surface area (Å²) in [5.74, 6) is 0.499. The Morgan fingerprint density at radius 1 is 1.19 bits per heavy atom. The number of nitrogens with one attached hydrogen (secondary N) is 1. The highest BCUT2D eigenvalue weighted by atomic mass is 32.2. The molecule has 1 heterocycles. The van der Waals surface area contributed by atoms with Gasteiger partial charge in [0.1, 0.15) is 0 Å². The number of aromatic nitrogens is 1. The number of methoxy groups -OCH3 is 1. The molecule has 0 radical (unpaired) electrons. The Morgan fingerprint density at radius 3 is 2.35 bits per heavy atom.